The maximum Gasteiger partial charge on any atom is 0.254 e. The number of nitrogens with zero attached hydrogens (tertiary/aromatic N) is 2. The second-order valence-electron chi connectivity index (χ2n) is 7.46. The molecule has 0 aliphatic heterocycles. The first-order valence-electron chi connectivity index (χ1n) is 10.2. The molecule has 1 fully saturated rings. The molecule has 1 heterocycles. The van der Waals surface area contributed by atoms with E-state index in [1.165, 1.54) is 19.3 Å². The van der Waals surface area contributed by atoms with Gasteiger partial charge in [0.15, 0.2) is 0 Å². The van der Waals surface area contributed by atoms with Gasteiger partial charge >= 0.3 is 0 Å². The fourth-order valence-corrected chi connectivity index (χ4v) is 4.74. The van der Waals surface area contributed by atoms with Crippen molar-refractivity contribution in [2.24, 2.45) is 0 Å². The van der Waals surface area contributed by atoms with Gasteiger partial charge in [0.25, 0.3) is 5.91 Å². The van der Waals surface area contributed by atoms with Gasteiger partial charge in [0.05, 0.1) is 19.3 Å². The van der Waals surface area contributed by atoms with E-state index in [4.69, 9.17) is 9.72 Å². The van der Waals surface area contributed by atoms with Crippen molar-refractivity contribution in [3.63, 3.8) is 0 Å². The molecule has 0 N–H and O–H groups in total. The lowest BCUT2D eigenvalue weighted by atomic mass is 9.93. The zero-order valence-corrected chi connectivity index (χ0v) is 17.5. The molecular formula is C24H26N2O2S. The van der Waals surface area contributed by atoms with Gasteiger partial charge in [-0.2, -0.15) is 0 Å². The first kappa shape index (κ1) is 19.6. The summed E-state index contributed by atoms with van der Waals surface area (Å²) in [5.41, 5.74) is 2.78. The molecule has 2 aromatic carbocycles. The highest BCUT2D eigenvalue weighted by Gasteiger charge is 2.27. The molecule has 29 heavy (non-hydrogen) atoms. The van der Waals surface area contributed by atoms with Crippen molar-refractivity contribution in [2.75, 3.05) is 7.11 Å². The molecule has 0 atom stereocenters. The third-order valence-corrected chi connectivity index (χ3v) is 6.46. The molecule has 1 aliphatic rings. The van der Waals surface area contributed by atoms with Crippen LogP contribution in [-0.2, 0) is 6.54 Å². The minimum atomic E-state index is 0.0776. The predicted molar refractivity (Wildman–Crippen MR) is 117 cm³/mol. The Hall–Kier alpha value is -2.66. The first-order valence-corrected chi connectivity index (χ1v) is 11.1. The third-order valence-electron chi connectivity index (χ3n) is 5.52. The Balaban J connectivity index is 1.57. The van der Waals surface area contributed by atoms with Crippen LogP contribution in [0.1, 0.15) is 48.2 Å². The zero-order valence-electron chi connectivity index (χ0n) is 16.7. The minimum absolute atomic E-state index is 0.0776. The van der Waals surface area contributed by atoms with Gasteiger partial charge in [-0.15, -0.1) is 11.3 Å². The summed E-state index contributed by atoms with van der Waals surface area (Å²) in [6, 6.07) is 17.9. The van der Waals surface area contributed by atoms with Crippen molar-refractivity contribution in [3.8, 4) is 16.3 Å². The Labute approximate surface area is 176 Å². The Morgan fingerprint density at radius 3 is 2.48 bits per heavy atom. The van der Waals surface area contributed by atoms with Crippen LogP contribution in [0, 0.1) is 0 Å². The average molecular weight is 407 g/mol. The van der Waals surface area contributed by atoms with Gasteiger partial charge in [-0.1, -0.05) is 49.6 Å². The SMILES string of the molecule is COc1ccc(C(=O)N(Cc2csc(-c3ccccc3)n2)C2CCCCC2)cc1. The Morgan fingerprint density at radius 2 is 1.79 bits per heavy atom. The fraction of sp³-hybridized carbons (Fsp3) is 0.333. The fourth-order valence-electron chi connectivity index (χ4n) is 3.93. The number of hydrogen-bond acceptors (Lipinski definition) is 4. The van der Waals surface area contributed by atoms with Crippen LogP contribution in [0.4, 0.5) is 0 Å². The summed E-state index contributed by atoms with van der Waals surface area (Å²) in [6.45, 7) is 0.554. The van der Waals surface area contributed by atoms with Crippen LogP contribution in [0.25, 0.3) is 10.6 Å². The van der Waals surface area contributed by atoms with E-state index in [0.717, 1.165) is 34.9 Å². The second-order valence-corrected chi connectivity index (χ2v) is 8.32. The standard InChI is InChI=1S/C24H26N2O2S/c1-28-22-14-12-19(13-15-22)24(27)26(21-10-6-3-7-11-21)16-20-17-29-23(25-20)18-8-4-2-5-9-18/h2,4-5,8-9,12-15,17,21H,3,6-7,10-11,16H2,1H3. The lowest BCUT2D eigenvalue weighted by Gasteiger charge is -2.34. The molecule has 1 amide bonds. The van der Waals surface area contributed by atoms with Gasteiger partial charge in [-0.05, 0) is 37.1 Å². The highest BCUT2D eigenvalue weighted by atomic mass is 32.1. The average Bonchev–Trinajstić information content (AvgIpc) is 3.27. The molecule has 1 aromatic heterocycles. The summed E-state index contributed by atoms with van der Waals surface area (Å²) in [5.74, 6) is 0.839. The molecule has 4 nitrogen and oxygen atoms in total. The van der Waals surface area contributed by atoms with E-state index in [9.17, 15) is 4.79 Å². The van der Waals surface area contributed by atoms with Gasteiger partial charge in [-0.3, -0.25) is 4.79 Å². The maximum atomic E-state index is 13.4. The number of aromatic nitrogens is 1. The number of rotatable bonds is 6. The maximum absolute atomic E-state index is 13.4. The van der Waals surface area contributed by atoms with E-state index < -0.39 is 0 Å². The number of thiazole rings is 1. The summed E-state index contributed by atoms with van der Waals surface area (Å²) in [5, 5.41) is 3.08. The van der Waals surface area contributed by atoms with Crippen LogP contribution in [0.3, 0.4) is 0 Å². The molecular weight excluding hydrogens is 380 g/mol. The predicted octanol–water partition coefficient (Wildman–Crippen LogP) is 5.79. The lowest BCUT2D eigenvalue weighted by Crippen LogP contribution is -2.41. The van der Waals surface area contributed by atoms with Crippen LogP contribution in [0.2, 0.25) is 0 Å². The summed E-state index contributed by atoms with van der Waals surface area (Å²) in [4.78, 5) is 20.2. The van der Waals surface area contributed by atoms with Gasteiger partial charge in [-0.25, -0.2) is 4.98 Å². The number of benzene rings is 2. The number of carbonyl (C=O) groups excluding carboxylic acids is 1. The van der Waals surface area contributed by atoms with Gasteiger partial charge in [0.2, 0.25) is 0 Å². The van der Waals surface area contributed by atoms with Crippen LogP contribution >= 0.6 is 11.3 Å². The third kappa shape index (κ3) is 4.67. The molecule has 150 valence electrons. The van der Waals surface area contributed by atoms with Gasteiger partial charge in [0.1, 0.15) is 10.8 Å². The molecule has 5 heteroatoms. The molecule has 4 rings (SSSR count). The normalized spacial score (nSPS) is 14.5. The molecule has 0 bridgehead atoms. The number of methoxy groups -OCH3 is 1. The molecule has 0 unspecified atom stereocenters. The van der Waals surface area contributed by atoms with Crippen LogP contribution in [0.15, 0.2) is 60.0 Å². The van der Waals surface area contributed by atoms with Crippen LogP contribution in [-0.4, -0.2) is 28.9 Å². The molecule has 0 saturated heterocycles. The Morgan fingerprint density at radius 1 is 1.07 bits per heavy atom. The van der Waals surface area contributed by atoms with E-state index in [2.05, 4.69) is 17.5 Å². The number of amides is 1. The number of carbonyl (C=O) groups is 1. The number of ether oxygens (including phenoxy) is 1. The number of hydrogen-bond donors (Lipinski definition) is 0. The summed E-state index contributed by atoms with van der Waals surface area (Å²) in [6.07, 6.45) is 5.76. The quantitative estimate of drug-likeness (QED) is 0.520. The highest BCUT2D eigenvalue weighted by Crippen LogP contribution is 2.28. The van der Waals surface area contributed by atoms with Crippen molar-refractivity contribution in [2.45, 2.75) is 44.7 Å². The summed E-state index contributed by atoms with van der Waals surface area (Å²) < 4.78 is 5.23. The molecule has 1 saturated carbocycles. The van der Waals surface area contributed by atoms with Crippen molar-refractivity contribution in [1.29, 1.82) is 0 Å². The van der Waals surface area contributed by atoms with Crippen molar-refractivity contribution >= 4 is 17.2 Å². The smallest absolute Gasteiger partial charge is 0.254 e. The molecule has 0 radical (unpaired) electrons. The van der Waals surface area contributed by atoms with Crippen LogP contribution < -0.4 is 4.74 Å². The Bertz CT molecular complexity index is 931. The van der Waals surface area contributed by atoms with Crippen molar-refractivity contribution < 1.29 is 9.53 Å². The first-order chi connectivity index (χ1) is 14.2. The zero-order chi connectivity index (χ0) is 20.1. The summed E-state index contributed by atoms with van der Waals surface area (Å²) in [7, 11) is 1.64. The monoisotopic (exact) mass is 406 g/mol. The van der Waals surface area contributed by atoms with Crippen molar-refractivity contribution in [1.82, 2.24) is 9.88 Å². The lowest BCUT2D eigenvalue weighted by molar-refractivity contribution is 0.0611. The minimum Gasteiger partial charge on any atom is -0.497 e. The molecule has 0 spiro atoms. The Kier molecular flexibility index (Phi) is 6.25. The van der Waals surface area contributed by atoms with Gasteiger partial charge < -0.3 is 9.64 Å². The van der Waals surface area contributed by atoms with E-state index in [1.54, 1.807) is 18.4 Å². The second kappa shape index (κ2) is 9.23. The summed E-state index contributed by atoms with van der Waals surface area (Å²) >= 11 is 1.64. The topological polar surface area (TPSA) is 42.4 Å². The molecule has 3 aromatic rings. The van der Waals surface area contributed by atoms with Crippen molar-refractivity contribution in [3.05, 3.63) is 71.2 Å². The highest BCUT2D eigenvalue weighted by molar-refractivity contribution is 7.13. The molecule has 1 aliphatic carbocycles. The van der Waals surface area contributed by atoms with Crippen LogP contribution in [0.5, 0.6) is 5.75 Å². The van der Waals surface area contributed by atoms with E-state index >= 15 is 0 Å². The van der Waals surface area contributed by atoms with E-state index in [1.807, 2.05) is 47.4 Å². The van der Waals surface area contributed by atoms with Gasteiger partial charge in [0, 0.05) is 22.5 Å². The van der Waals surface area contributed by atoms with E-state index in [-0.39, 0.29) is 11.9 Å². The largest absolute Gasteiger partial charge is 0.497 e. The van der Waals surface area contributed by atoms with E-state index in [0.29, 0.717) is 12.1 Å².